The molecule has 0 amide bonds. The molecule has 36 heavy (non-hydrogen) atoms. The highest BCUT2D eigenvalue weighted by atomic mass is 127. The lowest BCUT2D eigenvalue weighted by Gasteiger charge is -2.32. The van der Waals surface area contributed by atoms with E-state index in [4.69, 9.17) is 11.6 Å². The molecule has 1 heterocycles. The number of aromatic nitrogens is 2. The Morgan fingerprint density at radius 1 is 0.889 bits per heavy atom. The SMILES string of the molecule is O=c1c2c(Cl)c(I)ccc2nc(Cc2ccccc2)n1-c1ccc(C(O)(C(F)(F)F)C(F)(F)F)cc1. The van der Waals surface area contributed by atoms with Crippen molar-refractivity contribution in [1.82, 2.24) is 9.55 Å². The van der Waals surface area contributed by atoms with Crippen LogP contribution in [0.25, 0.3) is 16.6 Å². The zero-order valence-corrected chi connectivity index (χ0v) is 20.7. The summed E-state index contributed by atoms with van der Waals surface area (Å²) in [6.45, 7) is 0. The maximum atomic E-state index is 13.5. The van der Waals surface area contributed by atoms with Gasteiger partial charge in [-0.3, -0.25) is 9.36 Å². The monoisotopic (exact) mass is 638 g/mol. The third kappa shape index (κ3) is 4.48. The quantitative estimate of drug-likeness (QED) is 0.204. The molecule has 4 rings (SSSR count). The van der Waals surface area contributed by atoms with Gasteiger partial charge in [0.05, 0.1) is 21.6 Å². The Labute approximate surface area is 218 Å². The number of nitrogens with zero attached hydrogens (tertiary/aromatic N) is 2. The fraction of sp³-hybridized carbons (Fsp3) is 0.167. The minimum Gasteiger partial charge on any atom is -0.369 e. The Morgan fingerprint density at radius 3 is 2.03 bits per heavy atom. The molecule has 188 valence electrons. The zero-order chi connectivity index (χ0) is 26.5. The molecule has 0 aliphatic carbocycles. The second kappa shape index (κ2) is 9.34. The lowest BCUT2D eigenvalue weighted by atomic mass is 9.92. The first kappa shape index (κ1) is 26.4. The molecule has 12 heteroatoms. The van der Waals surface area contributed by atoms with E-state index in [2.05, 4.69) is 4.98 Å². The minimum absolute atomic E-state index is 0.0477. The largest absolute Gasteiger partial charge is 0.430 e. The second-order valence-corrected chi connectivity index (χ2v) is 9.38. The third-order valence-electron chi connectivity index (χ3n) is 5.57. The van der Waals surface area contributed by atoms with Crippen molar-refractivity contribution in [1.29, 1.82) is 0 Å². The molecule has 0 saturated heterocycles. The van der Waals surface area contributed by atoms with Gasteiger partial charge in [0.2, 0.25) is 0 Å². The Morgan fingerprint density at radius 2 is 1.47 bits per heavy atom. The summed E-state index contributed by atoms with van der Waals surface area (Å²) in [6, 6.07) is 14.9. The van der Waals surface area contributed by atoms with E-state index < -0.39 is 29.1 Å². The molecule has 0 saturated carbocycles. The van der Waals surface area contributed by atoms with Crippen LogP contribution in [0.3, 0.4) is 0 Å². The van der Waals surface area contributed by atoms with E-state index in [9.17, 15) is 36.2 Å². The van der Waals surface area contributed by atoms with Gasteiger partial charge in [0.15, 0.2) is 0 Å². The summed E-state index contributed by atoms with van der Waals surface area (Å²) < 4.78 is 81.4. The molecule has 1 N–H and O–H groups in total. The van der Waals surface area contributed by atoms with Gasteiger partial charge in [-0.2, -0.15) is 26.3 Å². The van der Waals surface area contributed by atoms with E-state index >= 15 is 0 Å². The number of hydrogen-bond acceptors (Lipinski definition) is 3. The smallest absolute Gasteiger partial charge is 0.369 e. The summed E-state index contributed by atoms with van der Waals surface area (Å²) in [4.78, 5) is 18.1. The number of aliphatic hydroxyl groups is 1. The number of alkyl halides is 6. The topological polar surface area (TPSA) is 55.1 Å². The molecule has 0 atom stereocenters. The van der Waals surface area contributed by atoms with Gasteiger partial charge in [-0.1, -0.05) is 54.1 Å². The molecular weight excluding hydrogens is 625 g/mol. The molecule has 4 nitrogen and oxygen atoms in total. The van der Waals surface area contributed by atoms with Crippen LogP contribution in [0.4, 0.5) is 26.3 Å². The first-order chi connectivity index (χ1) is 16.8. The molecule has 0 spiro atoms. The van der Waals surface area contributed by atoms with Crippen LogP contribution in [0.5, 0.6) is 0 Å². The van der Waals surface area contributed by atoms with Gasteiger partial charge in [-0.05, 0) is 52.4 Å². The van der Waals surface area contributed by atoms with Crippen molar-refractivity contribution in [3.63, 3.8) is 0 Å². The number of fused-ring (bicyclic) bond motifs is 1. The van der Waals surface area contributed by atoms with E-state index in [1.165, 1.54) is 0 Å². The van der Waals surface area contributed by atoms with Crippen LogP contribution in [0.15, 0.2) is 71.5 Å². The Balaban J connectivity index is 1.95. The van der Waals surface area contributed by atoms with Gasteiger partial charge in [0.1, 0.15) is 5.82 Å². The third-order valence-corrected chi connectivity index (χ3v) is 7.18. The molecular formula is C24H14ClF6IN2O2. The molecule has 0 aliphatic rings. The number of hydrogen-bond donors (Lipinski definition) is 1. The Bertz CT molecular complexity index is 1470. The highest BCUT2D eigenvalue weighted by molar-refractivity contribution is 14.1. The van der Waals surface area contributed by atoms with E-state index in [1.54, 1.807) is 42.5 Å². The summed E-state index contributed by atoms with van der Waals surface area (Å²) in [5.41, 5.74) is -6.18. The van der Waals surface area contributed by atoms with Crippen LogP contribution in [-0.4, -0.2) is 27.0 Å². The molecule has 0 radical (unpaired) electrons. The van der Waals surface area contributed by atoms with Crippen molar-refractivity contribution in [2.24, 2.45) is 0 Å². The molecule has 0 bridgehead atoms. The average molecular weight is 639 g/mol. The first-order valence-corrected chi connectivity index (χ1v) is 11.6. The standard InChI is InChI=1S/C24H14ClF6IN2O2/c25-20-16(32)10-11-17-19(20)21(35)34(18(33-17)12-13-4-2-1-3-5-13)15-8-6-14(7-9-15)22(36,23(26,27)28)24(29,30)31/h1-11,36H,12H2. The van der Waals surface area contributed by atoms with Crippen LogP contribution >= 0.6 is 34.2 Å². The van der Waals surface area contributed by atoms with Gasteiger partial charge in [0, 0.05) is 15.6 Å². The van der Waals surface area contributed by atoms with E-state index in [0.717, 1.165) is 22.3 Å². The fourth-order valence-electron chi connectivity index (χ4n) is 3.76. The maximum Gasteiger partial charge on any atom is 0.430 e. The molecule has 0 aliphatic heterocycles. The van der Waals surface area contributed by atoms with Crippen molar-refractivity contribution in [3.8, 4) is 5.69 Å². The van der Waals surface area contributed by atoms with Crippen LogP contribution in [-0.2, 0) is 12.0 Å². The lowest BCUT2D eigenvalue weighted by molar-refractivity contribution is -0.376. The second-order valence-electron chi connectivity index (χ2n) is 7.84. The first-order valence-electron chi connectivity index (χ1n) is 10.2. The molecule has 3 aromatic carbocycles. The van der Waals surface area contributed by atoms with Gasteiger partial charge in [0.25, 0.3) is 11.2 Å². The minimum atomic E-state index is -6.03. The van der Waals surface area contributed by atoms with E-state index in [0.29, 0.717) is 15.7 Å². The summed E-state index contributed by atoms with van der Waals surface area (Å²) >= 11 is 8.27. The van der Waals surface area contributed by atoms with Crippen LogP contribution in [0, 0.1) is 3.57 Å². The van der Waals surface area contributed by atoms with Crippen molar-refractivity contribution >= 4 is 45.1 Å². The van der Waals surface area contributed by atoms with Crippen LogP contribution in [0.2, 0.25) is 5.02 Å². The highest BCUT2D eigenvalue weighted by Crippen LogP contribution is 2.50. The predicted molar refractivity (Wildman–Crippen MR) is 130 cm³/mol. The maximum absolute atomic E-state index is 13.5. The van der Waals surface area contributed by atoms with Crippen molar-refractivity contribution < 1.29 is 31.4 Å². The summed E-state index contributed by atoms with van der Waals surface area (Å²) in [5.74, 6) is 0.186. The normalized spacial score (nSPS) is 12.8. The highest BCUT2D eigenvalue weighted by Gasteiger charge is 2.71. The Kier molecular flexibility index (Phi) is 6.86. The summed E-state index contributed by atoms with van der Waals surface area (Å²) in [5, 5.41) is 9.84. The van der Waals surface area contributed by atoms with Gasteiger partial charge >= 0.3 is 12.4 Å². The van der Waals surface area contributed by atoms with Crippen molar-refractivity contribution in [2.45, 2.75) is 24.4 Å². The van der Waals surface area contributed by atoms with Crippen molar-refractivity contribution in [2.75, 3.05) is 0 Å². The molecule has 1 aromatic heterocycles. The molecule has 4 aromatic rings. The van der Waals surface area contributed by atoms with E-state index in [1.807, 2.05) is 22.6 Å². The van der Waals surface area contributed by atoms with Gasteiger partial charge in [-0.15, -0.1) is 0 Å². The fourth-order valence-corrected chi connectivity index (χ4v) is 4.45. The molecule has 0 fully saturated rings. The number of halogens is 8. The van der Waals surface area contributed by atoms with Crippen LogP contribution < -0.4 is 5.56 Å². The summed E-state index contributed by atoms with van der Waals surface area (Å²) in [7, 11) is 0. The number of benzene rings is 3. The van der Waals surface area contributed by atoms with Gasteiger partial charge in [-0.25, -0.2) is 4.98 Å². The Hall–Kier alpha value is -2.64. The lowest BCUT2D eigenvalue weighted by Crippen LogP contribution is -2.53. The van der Waals surface area contributed by atoms with Crippen LogP contribution in [0.1, 0.15) is 17.0 Å². The number of rotatable bonds is 4. The van der Waals surface area contributed by atoms with E-state index in [-0.39, 0.29) is 33.9 Å². The zero-order valence-electron chi connectivity index (χ0n) is 17.8. The average Bonchev–Trinajstić information content (AvgIpc) is 2.80. The predicted octanol–water partition coefficient (Wildman–Crippen LogP) is 6.55. The van der Waals surface area contributed by atoms with Gasteiger partial charge < -0.3 is 5.11 Å². The summed E-state index contributed by atoms with van der Waals surface area (Å²) in [6.07, 6.45) is -11.9. The van der Waals surface area contributed by atoms with Crippen molar-refractivity contribution in [3.05, 3.63) is 103 Å². The molecule has 0 unspecified atom stereocenters.